The Hall–Kier alpha value is -2.56. The first-order chi connectivity index (χ1) is 9.61. The summed E-state index contributed by atoms with van der Waals surface area (Å²) in [6, 6.07) is 11.4. The Labute approximate surface area is 116 Å². The van der Waals surface area contributed by atoms with Crippen LogP contribution in [0.25, 0.3) is 0 Å². The fraction of sp³-hybridized carbons (Fsp3) is 0.133. The summed E-state index contributed by atoms with van der Waals surface area (Å²) in [4.78, 5) is 4.52. The second kappa shape index (κ2) is 4.85. The van der Waals surface area contributed by atoms with Crippen LogP contribution < -0.4 is 15.8 Å². The third kappa shape index (κ3) is 2.42. The number of hydrogen-bond acceptors (Lipinski definition) is 4. The van der Waals surface area contributed by atoms with Gasteiger partial charge in [0.25, 0.3) is 0 Å². The number of benzene rings is 2. The molecule has 1 unspecified atom stereocenters. The largest absolute Gasteiger partial charge is 0.480 e. The van der Waals surface area contributed by atoms with Crippen molar-refractivity contribution in [3.05, 3.63) is 48.3 Å². The molecule has 20 heavy (non-hydrogen) atoms. The molecular formula is C15H14FN3O. The van der Waals surface area contributed by atoms with Gasteiger partial charge in [0.2, 0.25) is 0 Å². The molecule has 1 aliphatic heterocycles. The number of nitrogen functional groups attached to an aromatic ring is 1. The Morgan fingerprint density at radius 2 is 1.95 bits per heavy atom. The first-order valence-electron chi connectivity index (χ1n) is 6.29. The minimum absolute atomic E-state index is 0.227. The number of nitrogens with two attached hydrogens (primary N) is 1. The number of rotatable bonds is 1. The number of nitrogens with zero attached hydrogens (tertiary/aromatic N) is 1. The van der Waals surface area contributed by atoms with Crippen LogP contribution in [0.1, 0.15) is 6.92 Å². The van der Waals surface area contributed by atoms with Crippen molar-refractivity contribution in [2.45, 2.75) is 13.0 Å². The van der Waals surface area contributed by atoms with E-state index in [0.29, 0.717) is 17.3 Å². The SMILES string of the molecule is CC1Oc2cc(N)ccc2N=C1Nc1ccc(F)cc1. The molecule has 0 radical (unpaired) electrons. The van der Waals surface area contributed by atoms with Gasteiger partial charge >= 0.3 is 0 Å². The third-order valence-electron chi connectivity index (χ3n) is 3.03. The highest BCUT2D eigenvalue weighted by Crippen LogP contribution is 2.34. The van der Waals surface area contributed by atoms with Crippen molar-refractivity contribution < 1.29 is 9.13 Å². The lowest BCUT2D eigenvalue weighted by molar-refractivity contribution is 0.283. The predicted molar refractivity (Wildman–Crippen MR) is 78.1 cm³/mol. The van der Waals surface area contributed by atoms with E-state index in [2.05, 4.69) is 10.3 Å². The molecule has 2 aromatic carbocycles. The van der Waals surface area contributed by atoms with Gasteiger partial charge < -0.3 is 15.8 Å². The zero-order valence-electron chi connectivity index (χ0n) is 10.9. The number of amidine groups is 1. The van der Waals surface area contributed by atoms with Gasteiger partial charge in [0, 0.05) is 17.4 Å². The Kier molecular flexibility index (Phi) is 3.02. The summed E-state index contributed by atoms with van der Waals surface area (Å²) in [6.07, 6.45) is -0.227. The van der Waals surface area contributed by atoms with E-state index in [1.807, 2.05) is 13.0 Å². The number of anilines is 2. The molecule has 4 nitrogen and oxygen atoms in total. The van der Waals surface area contributed by atoms with Crippen LogP contribution in [-0.2, 0) is 0 Å². The summed E-state index contributed by atoms with van der Waals surface area (Å²) < 4.78 is 18.7. The van der Waals surface area contributed by atoms with E-state index in [1.165, 1.54) is 12.1 Å². The lowest BCUT2D eigenvalue weighted by atomic mass is 10.2. The van der Waals surface area contributed by atoms with E-state index < -0.39 is 0 Å². The van der Waals surface area contributed by atoms with Gasteiger partial charge in [-0.15, -0.1) is 0 Å². The van der Waals surface area contributed by atoms with E-state index in [1.54, 1.807) is 24.3 Å². The zero-order valence-corrected chi connectivity index (χ0v) is 10.9. The van der Waals surface area contributed by atoms with E-state index in [-0.39, 0.29) is 11.9 Å². The van der Waals surface area contributed by atoms with Crippen LogP contribution in [0.4, 0.5) is 21.5 Å². The molecule has 3 N–H and O–H groups in total. The lowest BCUT2D eigenvalue weighted by Gasteiger charge is -2.24. The van der Waals surface area contributed by atoms with Crippen LogP contribution in [0.15, 0.2) is 47.5 Å². The maximum Gasteiger partial charge on any atom is 0.153 e. The van der Waals surface area contributed by atoms with Gasteiger partial charge in [-0.05, 0) is 43.3 Å². The van der Waals surface area contributed by atoms with E-state index in [4.69, 9.17) is 10.5 Å². The molecule has 0 aliphatic carbocycles. The molecule has 0 saturated carbocycles. The van der Waals surface area contributed by atoms with Gasteiger partial charge in [-0.2, -0.15) is 0 Å². The summed E-state index contributed by atoms with van der Waals surface area (Å²) in [6.45, 7) is 1.89. The molecule has 1 atom stereocenters. The highest BCUT2D eigenvalue weighted by atomic mass is 19.1. The molecule has 0 spiro atoms. The maximum absolute atomic E-state index is 12.9. The van der Waals surface area contributed by atoms with E-state index >= 15 is 0 Å². The van der Waals surface area contributed by atoms with Crippen LogP contribution in [0.2, 0.25) is 0 Å². The van der Waals surface area contributed by atoms with Crippen molar-refractivity contribution in [1.29, 1.82) is 0 Å². The smallest absolute Gasteiger partial charge is 0.153 e. The van der Waals surface area contributed by atoms with Gasteiger partial charge in [-0.3, -0.25) is 0 Å². The molecule has 2 aromatic rings. The fourth-order valence-corrected chi connectivity index (χ4v) is 2.00. The number of aliphatic imine (C=N–C) groups is 1. The maximum atomic E-state index is 12.9. The molecule has 0 amide bonds. The summed E-state index contributed by atoms with van der Waals surface area (Å²) in [5.41, 5.74) is 7.85. The molecular weight excluding hydrogens is 257 g/mol. The molecule has 1 aliphatic rings. The summed E-state index contributed by atoms with van der Waals surface area (Å²) in [5, 5.41) is 3.14. The van der Waals surface area contributed by atoms with Crippen molar-refractivity contribution in [3.8, 4) is 5.75 Å². The highest BCUT2D eigenvalue weighted by molar-refractivity contribution is 6.01. The molecule has 0 aromatic heterocycles. The number of ether oxygens (including phenoxy) is 1. The minimum atomic E-state index is -0.272. The standard InChI is InChI=1S/C15H14FN3O/c1-9-15(18-12-5-2-10(16)3-6-12)19-13-7-4-11(17)8-14(13)20-9/h2-9H,17H2,1H3,(H,18,19). The van der Waals surface area contributed by atoms with Crippen LogP contribution in [-0.4, -0.2) is 11.9 Å². The second-order valence-electron chi connectivity index (χ2n) is 4.62. The summed E-state index contributed by atoms with van der Waals surface area (Å²) >= 11 is 0. The Morgan fingerprint density at radius 3 is 2.70 bits per heavy atom. The van der Waals surface area contributed by atoms with Gasteiger partial charge in [-0.25, -0.2) is 9.38 Å². The summed E-state index contributed by atoms with van der Waals surface area (Å²) in [5.74, 6) is 1.07. The van der Waals surface area contributed by atoms with Crippen molar-refractivity contribution in [1.82, 2.24) is 0 Å². The van der Waals surface area contributed by atoms with Crippen molar-refractivity contribution >= 4 is 22.9 Å². The normalized spacial score (nSPS) is 16.9. The Balaban J connectivity index is 1.89. The van der Waals surface area contributed by atoms with Crippen LogP contribution in [0.5, 0.6) is 5.75 Å². The molecule has 1 heterocycles. The first-order valence-corrected chi connectivity index (χ1v) is 6.29. The number of halogens is 1. The number of hydrogen-bond donors (Lipinski definition) is 2. The van der Waals surface area contributed by atoms with Crippen LogP contribution in [0, 0.1) is 5.82 Å². The van der Waals surface area contributed by atoms with Crippen molar-refractivity contribution in [3.63, 3.8) is 0 Å². The van der Waals surface area contributed by atoms with Crippen LogP contribution in [0.3, 0.4) is 0 Å². The predicted octanol–water partition coefficient (Wildman–Crippen LogP) is 3.33. The fourth-order valence-electron chi connectivity index (χ4n) is 2.00. The highest BCUT2D eigenvalue weighted by Gasteiger charge is 2.20. The summed E-state index contributed by atoms with van der Waals surface area (Å²) in [7, 11) is 0. The molecule has 0 saturated heterocycles. The monoisotopic (exact) mass is 271 g/mol. The number of nitrogens with one attached hydrogen (secondary N) is 1. The van der Waals surface area contributed by atoms with Gasteiger partial charge in [-0.1, -0.05) is 0 Å². The first kappa shape index (κ1) is 12.5. The topological polar surface area (TPSA) is 59.6 Å². The molecule has 3 rings (SSSR count). The zero-order chi connectivity index (χ0) is 14.1. The van der Waals surface area contributed by atoms with Crippen molar-refractivity contribution in [2.24, 2.45) is 4.99 Å². The van der Waals surface area contributed by atoms with E-state index in [0.717, 1.165) is 11.4 Å². The molecule has 0 fully saturated rings. The minimum Gasteiger partial charge on any atom is -0.480 e. The third-order valence-corrected chi connectivity index (χ3v) is 3.03. The number of fused-ring (bicyclic) bond motifs is 1. The quantitative estimate of drug-likeness (QED) is 0.782. The average molecular weight is 271 g/mol. The molecule has 0 bridgehead atoms. The van der Waals surface area contributed by atoms with E-state index in [9.17, 15) is 4.39 Å². The average Bonchev–Trinajstić information content (AvgIpc) is 2.42. The van der Waals surface area contributed by atoms with Crippen LogP contribution >= 0.6 is 0 Å². The van der Waals surface area contributed by atoms with Gasteiger partial charge in [0.1, 0.15) is 23.1 Å². The molecule has 5 heteroatoms. The van der Waals surface area contributed by atoms with Crippen molar-refractivity contribution in [2.75, 3.05) is 11.1 Å². The Morgan fingerprint density at radius 1 is 1.20 bits per heavy atom. The second-order valence-corrected chi connectivity index (χ2v) is 4.62. The Bertz CT molecular complexity index is 667. The molecule has 102 valence electrons. The van der Waals surface area contributed by atoms with Gasteiger partial charge in [0.15, 0.2) is 6.10 Å². The van der Waals surface area contributed by atoms with Gasteiger partial charge in [0.05, 0.1) is 0 Å². The lowest BCUT2D eigenvalue weighted by Crippen LogP contribution is -2.32.